The molecule has 0 unspecified atom stereocenters. The van der Waals surface area contributed by atoms with Crippen molar-refractivity contribution in [1.82, 2.24) is 14.7 Å². The molecule has 0 saturated carbocycles. The van der Waals surface area contributed by atoms with Crippen LogP contribution < -0.4 is 0 Å². The molecule has 1 rings (SSSR count). The van der Waals surface area contributed by atoms with Gasteiger partial charge < -0.3 is 14.7 Å². The molecule has 1 fully saturated rings. The van der Waals surface area contributed by atoms with E-state index >= 15 is 0 Å². The van der Waals surface area contributed by atoms with Crippen LogP contribution in [0.15, 0.2) is 0 Å². The lowest BCUT2D eigenvalue weighted by Gasteiger charge is -2.31. The molecular formula is C12H18N4O3. The Morgan fingerprint density at radius 1 is 1.37 bits per heavy atom. The number of piperazine rings is 1. The average Bonchev–Trinajstić information content (AvgIpc) is 2.41. The van der Waals surface area contributed by atoms with E-state index in [1.807, 2.05) is 6.07 Å². The van der Waals surface area contributed by atoms with Crippen LogP contribution in [0.2, 0.25) is 0 Å². The first-order chi connectivity index (χ1) is 8.97. The van der Waals surface area contributed by atoms with Gasteiger partial charge in [-0.2, -0.15) is 5.26 Å². The smallest absolute Gasteiger partial charge is 0.312 e. The Kier molecular flexibility index (Phi) is 5.30. The normalized spacial score (nSPS) is 15.4. The first kappa shape index (κ1) is 15.0. The van der Waals surface area contributed by atoms with Gasteiger partial charge in [0.25, 0.3) is 0 Å². The van der Waals surface area contributed by atoms with Gasteiger partial charge in [0, 0.05) is 46.7 Å². The quantitative estimate of drug-likeness (QED) is 0.600. The minimum atomic E-state index is -0.554. The van der Waals surface area contributed by atoms with Gasteiger partial charge in [-0.1, -0.05) is 0 Å². The molecule has 7 heteroatoms. The molecule has 0 spiro atoms. The third kappa shape index (κ3) is 3.95. The molecule has 1 aliphatic heterocycles. The lowest BCUT2D eigenvalue weighted by atomic mass is 10.2. The number of carbonyl (C=O) groups is 3. The highest BCUT2D eigenvalue weighted by atomic mass is 16.2. The summed E-state index contributed by atoms with van der Waals surface area (Å²) < 4.78 is 0. The first-order valence-corrected chi connectivity index (χ1v) is 6.12. The fraction of sp³-hybridized carbons (Fsp3) is 0.667. The van der Waals surface area contributed by atoms with Crippen molar-refractivity contribution in [3.8, 4) is 6.07 Å². The summed E-state index contributed by atoms with van der Waals surface area (Å²) in [5, 5.41) is 8.44. The first-order valence-electron chi connectivity index (χ1n) is 6.12. The van der Waals surface area contributed by atoms with E-state index < -0.39 is 11.8 Å². The Bertz CT molecular complexity index is 416. The van der Waals surface area contributed by atoms with Gasteiger partial charge in [-0.15, -0.1) is 0 Å². The van der Waals surface area contributed by atoms with E-state index in [0.717, 1.165) is 0 Å². The average molecular weight is 266 g/mol. The molecule has 0 aromatic carbocycles. The number of hydrogen-bond acceptors (Lipinski definition) is 4. The van der Waals surface area contributed by atoms with Crippen molar-refractivity contribution >= 4 is 17.7 Å². The maximum Gasteiger partial charge on any atom is 0.312 e. The molecule has 3 amide bonds. The summed E-state index contributed by atoms with van der Waals surface area (Å²) in [5.74, 6) is -1.22. The SMILES string of the molecule is CN(CCC#N)C(=O)CCN1CCN(C)C(=O)C1=O. The lowest BCUT2D eigenvalue weighted by Crippen LogP contribution is -2.53. The maximum atomic E-state index is 11.7. The summed E-state index contributed by atoms with van der Waals surface area (Å²) in [6.07, 6.45) is 0.457. The van der Waals surface area contributed by atoms with Gasteiger partial charge in [0.15, 0.2) is 0 Å². The molecule has 7 nitrogen and oxygen atoms in total. The Morgan fingerprint density at radius 3 is 2.68 bits per heavy atom. The molecule has 19 heavy (non-hydrogen) atoms. The second-order valence-corrected chi connectivity index (χ2v) is 4.49. The van der Waals surface area contributed by atoms with Crippen molar-refractivity contribution < 1.29 is 14.4 Å². The highest BCUT2D eigenvalue weighted by Gasteiger charge is 2.30. The number of carbonyl (C=O) groups excluding carboxylic acids is 3. The molecular weight excluding hydrogens is 248 g/mol. The molecule has 1 heterocycles. The van der Waals surface area contributed by atoms with Crippen molar-refractivity contribution in [3.05, 3.63) is 0 Å². The van der Waals surface area contributed by atoms with Crippen LogP contribution in [0.25, 0.3) is 0 Å². The number of nitriles is 1. The van der Waals surface area contributed by atoms with Gasteiger partial charge in [0.1, 0.15) is 0 Å². The third-order valence-electron chi connectivity index (χ3n) is 3.10. The van der Waals surface area contributed by atoms with Crippen LogP contribution in [-0.4, -0.2) is 72.7 Å². The van der Waals surface area contributed by atoms with Crippen LogP contribution in [-0.2, 0) is 14.4 Å². The van der Waals surface area contributed by atoms with Crippen LogP contribution in [0, 0.1) is 11.3 Å². The lowest BCUT2D eigenvalue weighted by molar-refractivity contribution is -0.155. The van der Waals surface area contributed by atoms with E-state index in [0.29, 0.717) is 19.6 Å². The minimum absolute atomic E-state index is 0.130. The van der Waals surface area contributed by atoms with Gasteiger partial charge in [-0.25, -0.2) is 0 Å². The summed E-state index contributed by atoms with van der Waals surface area (Å²) in [6, 6.07) is 1.97. The zero-order chi connectivity index (χ0) is 14.4. The van der Waals surface area contributed by atoms with Crippen LogP contribution in [0.5, 0.6) is 0 Å². The summed E-state index contributed by atoms with van der Waals surface area (Å²) in [7, 11) is 3.20. The fourth-order valence-electron chi connectivity index (χ4n) is 1.75. The number of rotatable bonds is 5. The predicted octanol–water partition coefficient (Wildman–Crippen LogP) is -0.951. The number of hydrogen-bond donors (Lipinski definition) is 0. The second-order valence-electron chi connectivity index (χ2n) is 4.49. The molecule has 1 saturated heterocycles. The Hall–Kier alpha value is -2.10. The van der Waals surface area contributed by atoms with Crippen LogP contribution in [0.1, 0.15) is 12.8 Å². The van der Waals surface area contributed by atoms with Crippen LogP contribution in [0.4, 0.5) is 0 Å². The van der Waals surface area contributed by atoms with E-state index in [-0.39, 0.29) is 25.3 Å². The Balaban J connectivity index is 2.40. The molecule has 0 aromatic heterocycles. The van der Waals surface area contributed by atoms with Gasteiger partial charge >= 0.3 is 11.8 Å². The van der Waals surface area contributed by atoms with Crippen LogP contribution in [0.3, 0.4) is 0 Å². The zero-order valence-corrected chi connectivity index (χ0v) is 11.3. The van der Waals surface area contributed by atoms with E-state index in [4.69, 9.17) is 5.26 Å². The molecule has 0 atom stereocenters. The van der Waals surface area contributed by atoms with E-state index in [2.05, 4.69) is 0 Å². The monoisotopic (exact) mass is 266 g/mol. The summed E-state index contributed by atoms with van der Waals surface area (Å²) >= 11 is 0. The predicted molar refractivity (Wildman–Crippen MR) is 66.7 cm³/mol. The molecule has 0 aliphatic carbocycles. The van der Waals surface area contributed by atoms with E-state index in [9.17, 15) is 14.4 Å². The Labute approximate surface area is 112 Å². The molecule has 0 N–H and O–H groups in total. The second kappa shape index (κ2) is 6.73. The third-order valence-corrected chi connectivity index (χ3v) is 3.10. The topological polar surface area (TPSA) is 84.7 Å². The fourth-order valence-corrected chi connectivity index (χ4v) is 1.75. The van der Waals surface area contributed by atoms with Gasteiger partial charge in [0.2, 0.25) is 5.91 Å². The van der Waals surface area contributed by atoms with Crippen molar-refractivity contribution in [2.75, 3.05) is 40.3 Å². The Morgan fingerprint density at radius 2 is 2.05 bits per heavy atom. The summed E-state index contributed by atoms with van der Waals surface area (Å²) in [4.78, 5) is 39.1. The highest BCUT2D eigenvalue weighted by Crippen LogP contribution is 2.04. The van der Waals surface area contributed by atoms with Crippen molar-refractivity contribution in [2.24, 2.45) is 0 Å². The van der Waals surface area contributed by atoms with Crippen LogP contribution >= 0.6 is 0 Å². The summed E-state index contributed by atoms with van der Waals surface area (Å²) in [5.41, 5.74) is 0. The van der Waals surface area contributed by atoms with Crippen molar-refractivity contribution in [3.63, 3.8) is 0 Å². The van der Waals surface area contributed by atoms with Gasteiger partial charge in [-0.3, -0.25) is 14.4 Å². The molecule has 104 valence electrons. The molecule has 0 radical (unpaired) electrons. The molecule has 0 bridgehead atoms. The van der Waals surface area contributed by atoms with E-state index in [1.54, 1.807) is 14.1 Å². The maximum absolute atomic E-state index is 11.7. The van der Waals surface area contributed by atoms with E-state index in [1.165, 1.54) is 14.7 Å². The minimum Gasteiger partial charge on any atom is -0.345 e. The van der Waals surface area contributed by atoms with Gasteiger partial charge in [-0.05, 0) is 0 Å². The van der Waals surface area contributed by atoms with Crippen molar-refractivity contribution in [2.45, 2.75) is 12.8 Å². The zero-order valence-electron chi connectivity index (χ0n) is 11.3. The number of amides is 3. The molecule has 1 aliphatic rings. The molecule has 0 aromatic rings. The number of likely N-dealkylation sites (N-methyl/N-ethyl adjacent to an activating group) is 1. The van der Waals surface area contributed by atoms with Crippen molar-refractivity contribution in [1.29, 1.82) is 5.26 Å². The number of nitrogens with zero attached hydrogens (tertiary/aromatic N) is 4. The summed E-state index contributed by atoms with van der Waals surface area (Å²) in [6.45, 7) is 1.57. The largest absolute Gasteiger partial charge is 0.345 e. The van der Waals surface area contributed by atoms with Gasteiger partial charge in [0.05, 0.1) is 12.5 Å². The highest BCUT2D eigenvalue weighted by molar-refractivity contribution is 6.35. The standard InChI is InChI=1S/C12H18N4O3/c1-14(6-3-5-13)10(17)4-7-16-9-8-15(2)11(18)12(16)19/h3-4,6-9H2,1-2H3.